The molecule has 4 rings (SSSR count). The lowest BCUT2D eigenvalue weighted by atomic mass is 9.65. The molecular weight excluding hydrogens is 448 g/mol. The lowest BCUT2D eigenvalue weighted by Gasteiger charge is -2.37. The summed E-state index contributed by atoms with van der Waals surface area (Å²) in [5.41, 5.74) is 0.541. The molecule has 1 spiro atoms. The SMILES string of the molecule is C=CCN(C(=O)C1N(CCCCO)C(=O)[C@@H]2[C@H](C(=O)O)[C@]3(CC)CCC12O3)c1cc(C)ccc1C. The normalized spacial score (nSPS) is 31.0. The van der Waals surface area contributed by atoms with Crippen molar-refractivity contribution in [3.05, 3.63) is 42.0 Å². The topological polar surface area (TPSA) is 107 Å². The van der Waals surface area contributed by atoms with Crippen LogP contribution in [-0.4, -0.2) is 69.8 Å². The Morgan fingerprint density at radius 2 is 2.03 bits per heavy atom. The number of fused-ring (bicyclic) bond motifs is 1. The van der Waals surface area contributed by atoms with Crippen LogP contribution in [0.1, 0.15) is 50.2 Å². The molecule has 8 nitrogen and oxygen atoms in total. The molecule has 3 aliphatic rings. The number of aryl methyl sites for hydroxylation is 2. The van der Waals surface area contributed by atoms with Gasteiger partial charge in [-0.15, -0.1) is 6.58 Å². The van der Waals surface area contributed by atoms with Crippen molar-refractivity contribution in [1.82, 2.24) is 4.90 Å². The van der Waals surface area contributed by atoms with Crippen molar-refractivity contribution in [3.63, 3.8) is 0 Å². The number of anilines is 1. The summed E-state index contributed by atoms with van der Waals surface area (Å²) >= 11 is 0. The van der Waals surface area contributed by atoms with Crippen molar-refractivity contribution >= 4 is 23.5 Å². The summed E-state index contributed by atoms with van der Waals surface area (Å²) in [6, 6.07) is 4.95. The Kier molecular flexibility index (Phi) is 6.81. The second kappa shape index (κ2) is 9.39. The zero-order valence-electron chi connectivity index (χ0n) is 20.8. The number of carboxylic acid groups (broad SMARTS) is 1. The van der Waals surface area contributed by atoms with Crippen LogP contribution in [0.4, 0.5) is 5.69 Å². The lowest BCUT2D eigenvalue weighted by molar-refractivity contribution is -0.155. The number of rotatable bonds is 10. The number of carbonyl (C=O) groups excluding carboxylic acids is 2. The molecule has 3 heterocycles. The van der Waals surface area contributed by atoms with E-state index >= 15 is 0 Å². The van der Waals surface area contributed by atoms with Crippen LogP contribution in [0.2, 0.25) is 0 Å². The molecular formula is C27H36N2O6. The van der Waals surface area contributed by atoms with Crippen LogP contribution in [0.3, 0.4) is 0 Å². The van der Waals surface area contributed by atoms with E-state index in [1.165, 1.54) is 4.90 Å². The molecule has 3 fully saturated rings. The van der Waals surface area contributed by atoms with Crippen LogP contribution >= 0.6 is 0 Å². The molecule has 3 saturated heterocycles. The van der Waals surface area contributed by atoms with E-state index in [4.69, 9.17) is 4.74 Å². The zero-order chi connectivity index (χ0) is 25.5. The first kappa shape index (κ1) is 25.4. The molecule has 2 bridgehead atoms. The zero-order valence-corrected chi connectivity index (χ0v) is 20.8. The summed E-state index contributed by atoms with van der Waals surface area (Å²) in [6.07, 6.45) is 4.08. The number of ether oxygens (including phenoxy) is 1. The Labute approximate surface area is 206 Å². The van der Waals surface area contributed by atoms with Crippen molar-refractivity contribution in [2.75, 3.05) is 24.6 Å². The maximum Gasteiger partial charge on any atom is 0.310 e. The molecule has 0 aromatic heterocycles. The monoisotopic (exact) mass is 484 g/mol. The first-order valence-electron chi connectivity index (χ1n) is 12.5. The molecule has 5 atom stereocenters. The molecule has 1 aromatic rings. The third-order valence-corrected chi connectivity index (χ3v) is 8.22. The highest BCUT2D eigenvalue weighted by Gasteiger charge is 2.79. The fraction of sp³-hybridized carbons (Fsp3) is 0.593. The Morgan fingerprint density at radius 1 is 1.29 bits per heavy atom. The van der Waals surface area contributed by atoms with E-state index in [-0.39, 0.29) is 31.5 Å². The average Bonchev–Trinajstić information content (AvgIpc) is 3.43. The number of nitrogens with zero attached hydrogens (tertiary/aromatic N) is 2. The summed E-state index contributed by atoms with van der Waals surface area (Å²) < 4.78 is 6.59. The molecule has 190 valence electrons. The van der Waals surface area contributed by atoms with Crippen LogP contribution < -0.4 is 4.90 Å². The van der Waals surface area contributed by atoms with Gasteiger partial charge in [0.25, 0.3) is 5.91 Å². The van der Waals surface area contributed by atoms with Crippen molar-refractivity contribution < 1.29 is 29.3 Å². The summed E-state index contributed by atoms with van der Waals surface area (Å²) in [7, 11) is 0. The Morgan fingerprint density at radius 3 is 2.66 bits per heavy atom. The summed E-state index contributed by atoms with van der Waals surface area (Å²) in [5.74, 6) is -3.55. The van der Waals surface area contributed by atoms with E-state index in [1.807, 2.05) is 39.0 Å². The van der Waals surface area contributed by atoms with Gasteiger partial charge < -0.3 is 24.7 Å². The molecule has 1 aromatic carbocycles. The molecule has 3 aliphatic heterocycles. The number of aliphatic carboxylic acids is 1. The van der Waals surface area contributed by atoms with Crippen molar-refractivity contribution in [3.8, 4) is 0 Å². The first-order chi connectivity index (χ1) is 16.7. The van der Waals surface area contributed by atoms with Gasteiger partial charge in [0.05, 0.1) is 11.5 Å². The number of likely N-dealkylation sites (tertiary alicyclic amines) is 1. The highest BCUT2D eigenvalue weighted by atomic mass is 16.5. The number of carbonyl (C=O) groups is 3. The van der Waals surface area contributed by atoms with Crippen LogP contribution in [0.5, 0.6) is 0 Å². The number of carboxylic acids is 1. The fourth-order valence-corrected chi connectivity index (χ4v) is 6.60. The average molecular weight is 485 g/mol. The Balaban J connectivity index is 1.82. The predicted molar refractivity (Wildman–Crippen MR) is 131 cm³/mol. The Hall–Kier alpha value is -2.71. The highest BCUT2D eigenvalue weighted by molar-refractivity contribution is 6.05. The second-order valence-electron chi connectivity index (χ2n) is 10.2. The van der Waals surface area contributed by atoms with Crippen molar-refractivity contribution in [2.45, 2.75) is 70.1 Å². The van der Waals surface area contributed by atoms with Gasteiger partial charge in [0.2, 0.25) is 5.91 Å². The molecule has 0 radical (unpaired) electrons. The van der Waals surface area contributed by atoms with Gasteiger partial charge in [0, 0.05) is 25.4 Å². The molecule has 2 amide bonds. The minimum absolute atomic E-state index is 0.0203. The number of aliphatic hydroxyl groups excluding tert-OH is 1. The summed E-state index contributed by atoms with van der Waals surface area (Å²) in [4.78, 5) is 43.8. The maximum absolute atomic E-state index is 14.4. The largest absolute Gasteiger partial charge is 0.481 e. The molecule has 0 saturated carbocycles. The third-order valence-electron chi connectivity index (χ3n) is 8.22. The van der Waals surface area contributed by atoms with E-state index in [1.54, 1.807) is 11.0 Å². The van der Waals surface area contributed by atoms with E-state index < -0.39 is 35.0 Å². The standard InChI is InChI=1S/C27H36N2O6/c1-5-13-28(19-16-17(3)9-10-18(19)4)24(32)22-27-12-11-26(6-2,35-27)21(25(33)34)20(27)23(31)29(22)14-7-8-15-30/h5,9-10,16,20-22,30H,1,6-8,11-15H2,2-4H3,(H,33,34)/t20-,21+,22?,26-,27?/m0/s1. The number of unbranched alkanes of at least 4 members (excludes halogenated alkanes) is 1. The number of hydrogen-bond donors (Lipinski definition) is 2. The third kappa shape index (κ3) is 3.78. The van der Waals surface area contributed by atoms with Gasteiger partial charge in [-0.25, -0.2) is 0 Å². The van der Waals surface area contributed by atoms with Gasteiger partial charge in [0.15, 0.2) is 0 Å². The minimum Gasteiger partial charge on any atom is -0.481 e. The molecule has 35 heavy (non-hydrogen) atoms. The first-order valence-corrected chi connectivity index (χ1v) is 12.5. The molecule has 2 unspecified atom stereocenters. The summed E-state index contributed by atoms with van der Waals surface area (Å²) in [6.45, 7) is 10.1. The highest BCUT2D eigenvalue weighted by Crippen LogP contribution is 2.64. The van der Waals surface area contributed by atoms with E-state index in [9.17, 15) is 24.6 Å². The van der Waals surface area contributed by atoms with Gasteiger partial charge in [-0.3, -0.25) is 14.4 Å². The smallest absolute Gasteiger partial charge is 0.310 e. The number of hydrogen-bond acceptors (Lipinski definition) is 5. The number of benzene rings is 1. The van der Waals surface area contributed by atoms with Gasteiger partial charge in [-0.1, -0.05) is 25.1 Å². The van der Waals surface area contributed by atoms with Gasteiger partial charge >= 0.3 is 5.97 Å². The molecule has 8 heteroatoms. The molecule has 0 aliphatic carbocycles. The van der Waals surface area contributed by atoms with Crippen LogP contribution in [0, 0.1) is 25.7 Å². The Bertz CT molecular complexity index is 1040. The lowest BCUT2D eigenvalue weighted by Crippen LogP contribution is -2.56. The van der Waals surface area contributed by atoms with Crippen LogP contribution in [-0.2, 0) is 19.1 Å². The van der Waals surface area contributed by atoms with Crippen molar-refractivity contribution in [2.24, 2.45) is 11.8 Å². The summed E-state index contributed by atoms with van der Waals surface area (Å²) in [5, 5.41) is 19.5. The van der Waals surface area contributed by atoms with Crippen molar-refractivity contribution in [1.29, 1.82) is 0 Å². The van der Waals surface area contributed by atoms with Crippen LogP contribution in [0.15, 0.2) is 30.9 Å². The van der Waals surface area contributed by atoms with E-state index in [0.29, 0.717) is 32.1 Å². The maximum atomic E-state index is 14.4. The fourth-order valence-electron chi connectivity index (χ4n) is 6.60. The number of aliphatic hydroxyl groups is 1. The molecule has 2 N–H and O–H groups in total. The number of amides is 2. The van der Waals surface area contributed by atoms with E-state index in [0.717, 1.165) is 16.8 Å². The van der Waals surface area contributed by atoms with Crippen LogP contribution in [0.25, 0.3) is 0 Å². The predicted octanol–water partition coefficient (Wildman–Crippen LogP) is 2.83. The second-order valence-corrected chi connectivity index (χ2v) is 10.2. The minimum atomic E-state index is -1.18. The van der Waals surface area contributed by atoms with Gasteiger partial charge in [-0.2, -0.15) is 0 Å². The quantitative estimate of drug-likeness (QED) is 0.391. The van der Waals surface area contributed by atoms with E-state index in [2.05, 4.69) is 6.58 Å². The van der Waals surface area contributed by atoms with Gasteiger partial charge in [0.1, 0.15) is 17.6 Å². The van der Waals surface area contributed by atoms with Gasteiger partial charge in [-0.05, 0) is 63.1 Å².